The molecule has 3 aromatic rings. The molecule has 1 fully saturated rings. The third-order valence-electron chi connectivity index (χ3n) is 7.63. The van der Waals surface area contributed by atoms with Crippen LogP contribution in [0.15, 0.2) is 84.9 Å². The number of fused-ring (bicyclic) bond motifs is 2. The normalized spacial score (nSPS) is 17.8. The summed E-state index contributed by atoms with van der Waals surface area (Å²) >= 11 is 0. The lowest BCUT2D eigenvalue weighted by Gasteiger charge is -2.40. The predicted molar refractivity (Wildman–Crippen MR) is 132 cm³/mol. The second-order valence-electron chi connectivity index (χ2n) is 9.45. The summed E-state index contributed by atoms with van der Waals surface area (Å²) in [5.41, 5.74) is 5.91. The third-order valence-corrected chi connectivity index (χ3v) is 7.63. The lowest BCUT2D eigenvalue weighted by molar-refractivity contribution is 0.162. The fraction of sp³-hybridized carbons (Fsp3) is 0.379. The molecule has 0 aromatic heterocycles. The maximum Gasteiger partial charge on any atom is 0.0606 e. The lowest BCUT2D eigenvalue weighted by Crippen LogP contribution is -2.45. The van der Waals surface area contributed by atoms with Crippen molar-refractivity contribution < 1.29 is 5.11 Å². The highest BCUT2D eigenvalue weighted by molar-refractivity contribution is 5.63. The Hall–Kier alpha value is -2.62. The van der Waals surface area contributed by atoms with Crippen molar-refractivity contribution in [2.45, 2.75) is 30.6 Å². The molecule has 1 spiro atoms. The van der Waals surface area contributed by atoms with Gasteiger partial charge in [0.1, 0.15) is 0 Å². The molecule has 2 heterocycles. The molecule has 3 aromatic carbocycles. The first-order chi connectivity index (χ1) is 15.8. The smallest absolute Gasteiger partial charge is 0.0606 e. The second kappa shape index (κ2) is 9.48. The molecule has 1 N–H and O–H groups in total. The van der Waals surface area contributed by atoms with E-state index in [1.54, 1.807) is 0 Å². The maximum absolute atomic E-state index is 9.54. The number of anilines is 1. The van der Waals surface area contributed by atoms with Gasteiger partial charge in [-0.2, -0.15) is 0 Å². The van der Waals surface area contributed by atoms with Gasteiger partial charge in [0, 0.05) is 30.1 Å². The first-order valence-corrected chi connectivity index (χ1v) is 12.1. The van der Waals surface area contributed by atoms with Crippen LogP contribution in [0.3, 0.4) is 0 Å². The minimum absolute atomic E-state index is 0.219. The zero-order chi connectivity index (χ0) is 21.8. The van der Waals surface area contributed by atoms with Crippen molar-refractivity contribution in [3.8, 4) is 0 Å². The van der Waals surface area contributed by atoms with Crippen LogP contribution in [0.4, 0.5) is 5.69 Å². The van der Waals surface area contributed by atoms with Crippen molar-refractivity contribution in [2.75, 3.05) is 44.2 Å². The zero-order valence-electron chi connectivity index (χ0n) is 18.9. The van der Waals surface area contributed by atoms with Gasteiger partial charge in [0.15, 0.2) is 0 Å². The summed E-state index contributed by atoms with van der Waals surface area (Å²) in [4.78, 5) is 5.06. The summed E-state index contributed by atoms with van der Waals surface area (Å²) in [6, 6.07) is 30.8. The molecule has 0 radical (unpaired) electrons. The van der Waals surface area contributed by atoms with Gasteiger partial charge >= 0.3 is 0 Å². The Balaban J connectivity index is 1.26. The Kier molecular flexibility index (Phi) is 6.29. The Morgan fingerprint density at radius 3 is 1.97 bits per heavy atom. The monoisotopic (exact) mass is 426 g/mol. The number of hydrogen-bond acceptors (Lipinski definition) is 3. The van der Waals surface area contributed by atoms with E-state index < -0.39 is 0 Å². The number of nitrogens with zero attached hydrogens (tertiary/aromatic N) is 2. The van der Waals surface area contributed by atoms with Gasteiger partial charge < -0.3 is 14.9 Å². The fourth-order valence-corrected chi connectivity index (χ4v) is 5.89. The van der Waals surface area contributed by atoms with Crippen LogP contribution in [0.5, 0.6) is 0 Å². The number of rotatable bonds is 7. The predicted octanol–water partition coefficient (Wildman–Crippen LogP) is 5.05. The standard InChI is InChI=1S/C29H34N2O/c32-22-21-31-23-29(27-13-7-8-14-28(27)31)16-19-30(20-17-29)18-15-26(24-9-3-1-4-10-24)25-11-5-2-6-12-25/h1-14,26,32H,15-23H2. The first kappa shape index (κ1) is 21.2. The van der Waals surface area contributed by atoms with Gasteiger partial charge in [-0.15, -0.1) is 0 Å². The highest BCUT2D eigenvalue weighted by Crippen LogP contribution is 2.46. The van der Waals surface area contributed by atoms with E-state index in [1.807, 2.05) is 0 Å². The van der Waals surface area contributed by atoms with E-state index in [4.69, 9.17) is 0 Å². The molecule has 166 valence electrons. The number of aliphatic hydroxyl groups is 1. The van der Waals surface area contributed by atoms with Crippen molar-refractivity contribution >= 4 is 5.69 Å². The molecule has 5 rings (SSSR count). The number of likely N-dealkylation sites (tertiary alicyclic amines) is 1. The molecular formula is C29H34N2O. The summed E-state index contributed by atoms with van der Waals surface area (Å²) in [6.07, 6.45) is 3.55. The second-order valence-corrected chi connectivity index (χ2v) is 9.45. The third kappa shape index (κ3) is 4.20. The van der Waals surface area contributed by atoms with Crippen LogP contribution >= 0.6 is 0 Å². The molecule has 2 aliphatic rings. The molecule has 0 bridgehead atoms. The zero-order valence-corrected chi connectivity index (χ0v) is 18.9. The number of hydrogen-bond donors (Lipinski definition) is 1. The minimum Gasteiger partial charge on any atom is -0.395 e. The topological polar surface area (TPSA) is 26.7 Å². The molecular weight excluding hydrogens is 392 g/mol. The fourth-order valence-electron chi connectivity index (χ4n) is 5.89. The van der Waals surface area contributed by atoms with E-state index in [-0.39, 0.29) is 12.0 Å². The van der Waals surface area contributed by atoms with E-state index in [2.05, 4.69) is 94.7 Å². The summed E-state index contributed by atoms with van der Waals surface area (Å²) < 4.78 is 0. The minimum atomic E-state index is 0.219. The molecule has 0 aliphatic carbocycles. The molecule has 2 aliphatic heterocycles. The van der Waals surface area contributed by atoms with Crippen LogP contribution in [0.2, 0.25) is 0 Å². The van der Waals surface area contributed by atoms with E-state index >= 15 is 0 Å². The number of piperidine rings is 1. The molecule has 0 saturated carbocycles. The quantitative estimate of drug-likeness (QED) is 0.572. The Bertz CT molecular complexity index is 956. The van der Waals surface area contributed by atoms with Crippen LogP contribution in [-0.4, -0.2) is 49.3 Å². The van der Waals surface area contributed by atoms with Crippen LogP contribution in [-0.2, 0) is 5.41 Å². The molecule has 0 unspecified atom stereocenters. The van der Waals surface area contributed by atoms with Gasteiger partial charge in [-0.05, 0) is 61.7 Å². The summed E-state index contributed by atoms with van der Waals surface area (Å²) in [7, 11) is 0. The van der Waals surface area contributed by atoms with Crippen LogP contribution in [0.1, 0.15) is 41.9 Å². The van der Waals surface area contributed by atoms with Gasteiger partial charge in [0.25, 0.3) is 0 Å². The van der Waals surface area contributed by atoms with Crippen LogP contribution < -0.4 is 4.90 Å². The highest BCUT2D eigenvalue weighted by atomic mass is 16.3. The average Bonchev–Trinajstić information content (AvgIpc) is 3.15. The summed E-state index contributed by atoms with van der Waals surface area (Å²) in [5, 5.41) is 9.54. The first-order valence-electron chi connectivity index (χ1n) is 12.1. The molecule has 0 atom stereocenters. The highest BCUT2D eigenvalue weighted by Gasteiger charge is 2.44. The van der Waals surface area contributed by atoms with Crippen molar-refractivity contribution in [3.63, 3.8) is 0 Å². The largest absolute Gasteiger partial charge is 0.395 e. The van der Waals surface area contributed by atoms with Gasteiger partial charge in [0.2, 0.25) is 0 Å². The number of β-amino-alcohol motifs (C(OH)–C–C–N with tert-alkyl or cyclic N) is 1. The van der Waals surface area contributed by atoms with E-state index in [9.17, 15) is 5.11 Å². The SMILES string of the molecule is OCCN1CC2(CCN(CCC(c3ccccc3)c3ccccc3)CC2)c2ccccc21. The molecule has 32 heavy (non-hydrogen) atoms. The lowest BCUT2D eigenvalue weighted by atomic mass is 9.74. The van der Waals surface area contributed by atoms with Gasteiger partial charge in [0.05, 0.1) is 6.61 Å². The molecule has 3 nitrogen and oxygen atoms in total. The van der Waals surface area contributed by atoms with Crippen LogP contribution in [0.25, 0.3) is 0 Å². The number of benzene rings is 3. The van der Waals surface area contributed by atoms with E-state index in [1.165, 1.54) is 35.2 Å². The number of para-hydroxylation sites is 1. The van der Waals surface area contributed by atoms with Gasteiger partial charge in [-0.1, -0.05) is 78.9 Å². The van der Waals surface area contributed by atoms with Gasteiger partial charge in [-0.3, -0.25) is 0 Å². The van der Waals surface area contributed by atoms with Crippen molar-refractivity contribution in [1.29, 1.82) is 0 Å². The maximum atomic E-state index is 9.54. The Morgan fingerprint density at radius 1 is 0.750 bits per heavy atom. The average molecular weight is 427 g/mol. The van der Waals surface area contributed by atoms with E-state index in [0.717, 1.165) is 39.1 Å². The Morgan fingerprint density at radius 2 is 1.34 bits per heavy atom. The van der Waals surface area contributed by atoms with Crippen LogP contribution in [0, 0.1) is 0 Å². The van der Waals surface area contributed by atoms with Gasteiger partial charge in [-0.25, -0.2) is 0 Å². The van der Waals surface area contributed by atoms with E-state index in [0.29, 0.717) is 5.92 Å². The summed E-state index contributed by atoms with van der Waals surface area (Å²) in [6.45, 7) is 5.44. The molecule has 0 amide bonds. The van der Waals surface area contributed by atoms with Crippen molar-refractivity contribution in [3.05, 3.63) is 102 Å². The van der Waals surface area contributed by atoms with Crippen molar-refractivity contribution in [1.82, 2.24) is 4.90 Å². The van der Waals surface area contributed by atoms with Crippen molar-refractivity contribution in [2.24, 2.45) is 0 Å². The molecule has 1 saturated heterocycles. The Labute approximate surface area is 192 Å². The molecule has 3 heteroatoms. The summed E-state index contributed by atoms with van der Waals surface area (Å²) in [5.74, 6) is 0.445. The number of aliphatic hydroxyl groups excluding tert-OH is 1.